The van der Waals surface area contributed by atoms with E-state index in [9.17, 15) is 5.11 Å². The maximum Gasteiger partial charge on any atom is 0.0936 e. The molecule has 0 saturated heterocycles. The van der Waals surface area contributed by atoms with Crippen molar-refractivity contribution in [3.63, 3.8) is 0 Å². The highest BCUT2D eigenvalue weighted by Gasteiger charge is 2.37. The van der Waals surface area contributed by atoms with Crippen LogP contribution < -0.4 is 0 Å². The van der Waals surface area contributed by atoms with Gasteiger partial charge >= 0.3 is 0 Å². The van der Waals surface area contributed by atoms with Gasteiger partial charge in [0.15, 0.2) is 0 Å². The van der Waals surface area contributed by atoms with Crippen LogP contribution in [0.2, 0.25) is 0 Å². The van der Waals surface area contributed by atoms with E-state index in [1.165, 1.54) is 25.7 Å². The summed E-state index contributed by atoms with van der Waals surface area (Å²) in [5, 5.41) is 10.4. The van der Waals surface area contributed by atoms with Crippen LogP contribution in [0.25, 0.3) is 0 Å². The highest BCUT2D eigenvalue weighted by molar-refractivity contribution is 4.89. The van der Waals surface area contributed by atoms with Crippen LogP contribution >= 0.6 is 0 Å². The Bertz CT molecular complexity index is 186. The largest absolute Gasteiger partial charge is 0.390 e. The van der Waals surface area contributed by atoms with Crippen molar-refractivity contribution >= 4 is 0 Å². The molecule has 1 rings (SSSR count). The smallest absolute Gasteiger partial charge is 0.0936 e. The Hall–Kier alpha value is -0.120. The lowest BCUT2D eigenvalue weighted by Gasteiger charge is -2.36. The number of rotatable bonds is 7. The molecule has 1 aliphatic carbocycles. The molecule has 0 heterocycles. The molecule has 1 aliphatic rings. The summed E-state index contributed by atoms with van der Waals surface area (Å²) in [6.07, 6.45) is 9.49. The summed E-state index contributed by atoms with van der Waals surface area (Å²) < 4.78 is 10.7. The summed E-state index contributed by atoms with van der Waals surface area (Å²) in [6.45, 7) is 0.784. The zero-order valence-corrected chi connectivity index (χ0v) is 11.4. The van der Waals surface area contributed by atoms with Gasteiger partial charge in [-0.15, -0.1) is 0 Å². The lowest BCUT2D eigenvalue weighted by molar-refractivity contribution is -0.114. The standard InChI is InChI=1S/C14H28O3/c1-16-12-8-5-9-13(15)14(17-2)10-6-3-4-7-11-14/h13,15H,3-12H2,1-2H3. The molecule has 0 aromatic rings. The molecule has 1 fully saturated rings. The average Bonchev–Trinajstić information content (AvgIpc) is 2.60. The Morgan fingerprint density at radius 2 is 1.71 bits per heavy atom. The van der Waals surface area contributed by atoms with Crippen LogP contribution in [0.1, 0.15) is 57.8 Å². The van der Waals surface area contributed by atoms with E-state index in [1.54, 1.807) is 14.2 Å². The van der Waals surface area contributed by atoms with Crippen LogP contribution in [0, 0.1) is 0 Å². The number of hydrogen-bond donors (Lipinski definition) is 1. The molecule has 0 bridgehead atoms. The van der Waals surface area contributed by atoms with E-state index >= 15 is 0 Å². The molecule has 1 unspecified atom stereocenters. The normalized spacial score (nSPS) is 22.1. The van der Waals surface area contributed by atoms with Crippen LogP contribution in [0.4, 0.5) is 0 Å². The highest BCUT2D eigenvalue weighted by atomic mass is 16.5. The van der Waals surface area contributed by atoms with Gasteiger partial charge in [0.1, 0.15) is 0 Å². The topological polar surface area (TPSA) is 38.7 Å². The minimum Gasteiger partial charge on any atom is -0.390 e. The summed E-state index contributed by atoms with van der Waals surface area (Å²) in [6, 6.07) is 0. The molecule has 1 saturated carbocycles. The highest BCUT2D eigenvalue weighted by Crippen LogP contribution is 2.34. The minimum absolute atomic E-state index is 0.274. The molecular weight excluding hydrogens is 216 g/mol. The summed E-state index contributed by atoms with van der Waals surface area (Å²) in [5.41, 5.74) is -0.274. The van der Waals surface area contributed by atoms with Gasteiger partial charge in [-0.25, -0.2) is 0 Å². The van der Waals surface area contributed by atoms with Crippen molar-refractivity contribution in [2.45, 2.75) is 69.5 Å². The zero-order valence-electron chi connectivity index (χ0n) is 11.4. The van der Waals surface area contributed by atoms with Gasteiger partial charge in [-0.3, -0.25) is 0 Å². The Labute approximate surface area is 105 Å². The maximum absolute atomic E-state index is 10.4. The Balaban J connectivity index is 2.40. The first-order valence-electron chi connectivity index (χ1n) is 6.97. The third-order valence-electron chi connectivity index (χ3n) is 4.04. The number of unbranched alkanes of at least 4 members (excludes halogenated alkanes) is 1. The first-order valence-corrected chi connectivity index (χ1v) is 6.97. The summed E-state index contributed by atoms with van der Waals surface area (Å²) in [7, 11) is 3.47. The van der Waals surface area contributed by atoms with Crippen LogP contribution in [-0.4, -0.2) is 37.6 Å². The molecule has 3 heteroatoms. The Morgan fingerprint density at radius 3 is 2.24 bits per heavy atom. The van der Waals surface area contributed by atoms with Crippen molar-refractivity contribution in [3.05, 3.63) is 0 Å². The lowest BCUT2D eigenvalue weighted by atomic mass is 9.85. The summed E-state index contributed by atoms with van der Waals surface area (Å²) in [4.78, 5) is 0. The molecule has 0 aromatic heterocycles. The molecule has 3 nitrogen and oxygen atoms in total. The van der Waals surface area contributed by atoms with Gasteiger partial charge in [0.05, 0.1) is 11.7 Å². The number of aliphatic hydroxyl groups is 1. The first-order chi connectivity index (χ1) is 8.25. The number of methoxy groups -OCH3 is 2. The second-order valence-electron chi connectivity index (χ2n) is 5.19. The molecule has 1 atom stereocenters. The van der Waals surface area contributed by atoms with Gasteiger partial charge < -0.3 is 14.6 Å². The Kier molecular flexibility index (Phi) is 7.09. The van der Waals surface area contributed by atoms with Gasteiger partial charge in [0.25, 0.3) is 0 Å². The third kappa shape index (κ3) is 4.57. The van der Waals surface area contributed by atoms with Gasteiger partial charge in [0.2, 0.25) is 0 Å². The van der Waals surface area contributed by atoms with E-state index in [0.29, 0.717) is 0 Å². The van der Waals surface area contributed by atoms with Crippen LogP contribution in [0.5, 0.6) is 0 Å². The predicted octanol–water partition coefficient (Wildman–Crippen LogP) is 2.90. The van der Waals surface area contributed by atoms with Gasteiger partial charge in [0, 0.05) is 20.8 Å². The van der Waals surface area contributed by atoms with Crippen molar-refractivity contribution in [1.82, 2.24) is 0 Å². The van der Waals surface area contributed by atoms with Crippen molar-refractivity contribution < 1.29 is 14.6 Å². The fraction of sp³-hybridized carbons (Fsp3) is 1.00. The molecule has 102 valence electrons. The number of ether oxygens (including phenoxy) is 2. The predicted molar refractivity (Wildman–Crippen MR) is 69.2 cm³/mol. The van der Waals surface area contributed by atoms with Crippen molar-refractivity contribution in [1.29, 1.82) is 0 Å². The van der Waals surface area contributed by atoms with Crippen molar-refractivity contribution in [2.24, 2.45) is 0 Å². The SMILES string of the molecule is COCCCCC(O)C1(OC)CCCCCC1. The zero-order chi connectivity index (χ0) is 12.6. The minimum atomic E-state index is -0.317. The van der Waals surface area contributed by atoms with Crippen molar-refractivity contribution in [2.75, 3.05) is 20.8 Å². The first kappa shape index (κ1) is 14.9. The van der Waals surface area contributed by atoms with E-state index in [0.717, 1.165) is 38.7 Å². The van der Waals surface area contributed by atoms with Crippen LogP contribution in [0.15, 0.2) is 0 Å². The summed E-state index contributed by atoms with van der Waals surface area (Å²) in [5.74, 6) is 0. The molecule has 0 amide bonds. The molecule has 1 N–H and O–H groups in total. The molecule has 0 aromatic carbocycles. The van der Waals surface area contributed by atoms with Crippen LogP contribution in [-0.2, 0) is 9.47 Å². The van der Waals surface area contributed by atoms with Crippen molar-refractivity contribution in [3.8, 4) is 0 Å². The molecule has 17 heavy (non-hydrogen) atoms. The molecular formula is C14H28O3. The monoisotopic (exact) mass is 244 g/mol. The van der Waals surface area contributed by atoms with E-state index in [-0.39, 0.29) is 11.7 Å². The van der Waals surface area contributed by atoms with E-state index in [2.05, 4.69) is 0 Å². The van der Waals surface area contributed by atoms with E-state index in [1.807, 2.05) is 0 Å². The second kappa shape index (κ2) is 8.06. The van der Waals surface area contributed by atoms with E-state index < -0.39 is 0 Å². The molecule has 0 radical (unpaired) electrons. The van der Waals surface area contributed by atoms with Gasteiger partial charge in [-0.05, 0) is 32.1 Å². The molecule has 0 spiro atoms. The van der Waals surface area contributed by atoms with Gasteiger partial charge in [-0.1, -0.05) is 25.7 Å². The molecule has 0 aliphatic heterocycles. The number of hydrogen-bond acceptors (Lipinski definition) is 3. The Morgan fingerprint density at radius 1 is 1.06 bits per heavy atom. The maximum atomic E-state index is 10.4. The number of aliphatic hydroxyl groups excluding tert-OH is 1. The van der Waals surface area contributed by atoms with E-state index in [4.69, 9.17) is 9.47 Å². The average molecular weight is 244 g/mol. The van der Waals surface area contributed by atoms with Crippen LogP contribution in [0.3, 0.4) is 0 Å². The second-order valence-corrected chi connectivity index (χ2v) is 5.19. The third-order valence-corrected chi connectivity index (χ3v) is 4.04. The fourth-order valence-electron chi connectivity index (χ4n) is 2.85. The lowest BCUT2D eigenvalue weighted by Crippen LogP contribution is -2.43. The van der Waals surface area contributed by atoms with Gasteiger partial charge in [-0.2, -0.15) is 0 Å². The summed E-state index contributed by atoms with van der Waals surface area (Å²) >= 11 is 0. The quantitative estimate of drug-likeness (QED) is 0.553. The fourth-order valence-corrected chi connectivity index (χ4v) is 2.85.